The summed E-state index contributed by atoms with van der Waals surface area (Å²) in [7, 11) is -2.20. The molecule has 2 amide bonds. The van der Waals surface area contributed by atoms with Crippen LogP contribution in [0.1, 0.15) is 22.8 Å². The first-order valence-electron chi connectivity index (χ1n) is 8.63. The maximum Gasteiger partial charge on any atom is 0.387 e. The van der Waals surface area contributed by atoms with Crippen LogP contribution in [0.3, 0.4) is 0 Å². The Labute approximate surface area is 172 Å². The Hall–Kier alpha value is -3.21. The minimum Gasteiger partial charge on any atom is -0.435 e. The van der Waals surface area contributed by atoms with E-state index in [1.165, 1.54) is 55.3 Å². The maximum absolute atomic E-state index is 13.0. The van der Waals surface area contributed by atoms with Crippen LogP contribution in [0.4, 0.5) is 20.2 Å². The van der Waals surface area contributed by atoms with Gasteiger partial charge in [-0.25, -0.2) is 8.42 Å². The van der Waals surface area contributed by atoms with Crippen LogP contribution in [0.15, 0.2) is 42.5 Å². The van der Waals surface area contributed by atoms with Gasteiger partial charge >= 0.3 is 6.61 Å². The van der Waals surface area contributed by atoms with Crippen molar-refractivity contribution in [3.05, 3.63) is 53.6 Å². The Morgan fingerprint density at radius 1 is 1.17 bits per heavy atom. The van der Waals surface area contributed by atoms with Crippen molar-refractivity contribution in [1.82, 2.24) is 4.90 Å². The number of alkyl halides is 2. The van der Waals surface area contributed by atoms with Crippen molar-refractivity contribution in [1.29, 1.82) is 0 Å². The number of anilines is 2. The van der Waals surface area contributed by atoms with E-state index in [2.05, 4.69) is 14.8 Å². The van der Waals surface area contributed by atoms with Crippen LogP contribution in [-0.2, 0) is 21.4 Å². The molecule has 11 heteroatoms. The van der Waals surface area contributed by atoms with Gasteiger partial charge in [0.05, 0.1) is 17.5 Å². The highest BCUT2D eigenvalue weighted by molar-refractivity contribution is 7.92. The van der Waals surface area contributed by atoms with E-state index in [9.17, 15) is 26.8 Å². The summed E-state index contributed by atoms with van der Waals surface area (Å²) in [5.41, 5.74) is 0.887. The number of sulfonamides is 1. The molecule has 2 aromatic rings. The Bertz CT molecular complexity index is 1040. The lowest BCUT2D eigenvalue weighted by Gasteiger charge is -2.20. The minimum absolute atomic E-state index is 0.00848. The van der Waals surface area contributed by atoms with Gasteiger partial charge in [-0.1, -0.05) is 12.1 Å². The highest BCUT2D eigenvalue weighted by atomic mass is 32.2. The number of rotatable bonds is 8. The SMILES string of the molecule is CC(=O)Nc1ccc(NS(C)(=O)=O)c(C(=O)N(C)Cc2cccc(OC(F)F)c2)c1. The lowest BCUT2D eigenvalue weighted by atomic mass is 10.1. The van der Waals surface area contributed by atoms with Crippen molar-refractivity contribution in [3.63, 3.8) is 0 Å². The number of ether oxygens (including phenoxy) is 1. The molecule has 162 valence electrons. The molecule has 0 unspecified atom stereocenters. The maximum atomic E-state index is 13.0. The number of hydrogen-bond acceptors (Lipinski definition) is 5. The number of carbonyl (C=O) groups is 2. The molecule has 8 nitrogen and oxygen atoms in total. The monoisotopic (exact) mass is 441 g/mol. The quantitative estimate of drug-likeness (QED) is 0.656. The third-order valence-corrected chi connectivity index (χ3v) is 4.35. The van der Waals surface area contributed by atoms with E-state index in [0.29, 0.717) is 11.3 Å². The molecule has 0 aliphatic rings. The molecule has 0 radical (unpaired) electrons. The molecule has 0 fully saturated rings. The zero-order valence-electron chi connectivity index (χ0n) is 16.5. The van der Waals surface area contributed by atoms with Crippen molar-refractivity contribution in [2.75, 3.05) is 23.3 Å². The van der Waals surface area contributed by atoms with Gasteiger partial charge < -0.3 is 15.0 Å². The second-order valence-electron chi connectivity index (χ2n) is 6.50. The smallest absolute Gasteiger partial charge is 0.387 e. The Balaban J connectivity index is 2.31. The molecule has 0 saturated heterocycles. The van der Waals surface area contributed by atoms with Crippen molar-refractivity contribution in [3.8, 4) is 5.75 Å². The fraction of sp³-hybridized carbons (Fsp3) is 0.263. The van der Waals surface area contributed by atoms with Crippen molar-refractivity contribution in [2.24, 2.45) is 0 Å². The van der Waals surface area contributed by atoms with Crippen LogP contribution >= 0.6 is 0 Å². The molecular weight excluding hydrogens is 420 g/mol. The Morgan fingerprint density at radius 3 is 2.47 bits per heavy atom. The standard InChI is InChI=1S/C19H21F2N3O5S/c1-12(25)22-14-7-8-17(23-30(3,27)28)16(10-14)18(26)24(2)11-13-5-4-6-15(9-13)29-19(20)21/h4-10,19,23H,11H2,1-3H3,(H,22,25). The summed E-state index contributed by atoms with van der Waals surface area (Å²) < 4.78 is 54.7. The van der Waals surface area contributed by atoms with Crippen molar-refractivity contribution >= 4 is 33.2 Å². The van der Waals surface area contributed by atoms with E-state index in [1.54, 1.807) is 6.07 Å². The highest BCUT2D eigenvalue weighted by Gasteiger charge is 2.19. The average molecular weight is 441 g/mol. The fourth-order valence-corrected chi connectivity index (χ4v) is 3.24. The number of hydrogen-bond donors (Lipinski definition) is 2. The van der Waals surface area contributed by atoms with Gasteiger partial charge in [-0.15, -0.1) is 0 Å². The third kappa shape index (κ3) is 6.99. The molecule has 0 heterocycles. The van der Waals surface area contributed by atoms with Crippen molar-refractivity contribution < 1.29 is 31.5 Å². The molecule has 2 rings (SSSR count). The van der Waals surface area contributed by atoms with E-state index < -0.39 is 22.5 Å². The van der Waals surface area contributed by atoms with Gasteiger partial charge in [0.2, 0.25) is 15.9 Å². The second kappa shape index (κ2) is 9.53. The molecule has 0 atom stereocenters. The molecule has 0 spiro atoms. The molecular formula is C19H21F2N3O5S. The highest BCUT2D eigenvalue weighted by Crippen LogP contribution is 2.24. The number of nitrogens with one attached hydrogen (secondary N) is 2. The van der Waals surface area contributed by atoms with Gasteiger partial charge in [0.25, 0.3) is 5.91 Å². The molecule has 0 aliphatic carbocycles. The van der Waals surface area contributed by atoms with E-state index in [1.807, 2.05) is 0 Å². The van der Waals surface area contributed by atoms with Crippen molar-refractivity contribution in [2.45, 2.75) is 20.1 Å². The van der Waals surface area contributed by atoms with E-state index >= 15 is 0 Å². The number of amides is 2. The number of benzene rings is 2. The van der Waals surface area contributed by atoms with E-state index in [0.717, 1.165) is 6.26 Å². The lowest BCUT2D eigenvalue weighted by Crippen LogP contribution is -2.27. The topological polar surface area (TPSA) is 105 Å². The fourth-order valence-electron chi connectivity index (χ4n) is 2.66. The van der Waals surface area contributed by atoms with Crippen LogP contribution in [-0.4, -0.2) is 45.0 Å². The predicted molar refractivity (Wildman–Crippen MR) is 108 cm³/mol. The zero-order valence-corrected chi connectivity index (χ0v) is 17.3. The van der Waals surface area contributed by atoms with Gasteiger partial charge in [0.15, 0.2) is 0 Å². The summed E-state index contributed by atoms with van der Waals surface area (Å²) in [6.45, 7) is -1.63. The van der Waals surface area contributed by atoms with Gasteiger partial charge in [-0.2, -0.15) is 8.78 Å². The summed E-state index contributed by atoms with van der Waals surface area (Å²) in [5, 5.41) is 2.53. The van der Waals surface area contributed by atoms with Gasteiger partial charge in [-0.3, -0.25) is 14.3 Å². The van der Waals surface area contributed by atoms with E-state index in [-0.39, 0.29) is 29.5 Å². The van der Waals surface area contributed by atoms with Crippen LogP contribution in [0.2, 0.25) is 0 Å². The zero-order chi connectivity index (χ0) is 22.5. The molecule has 2 aromatic carbocycles. The average Bonchev–Trinajstić information content (AvgIpc) is 2.60. The molecule has 0 aliphatic heterocycles. The Morgan fingerprint density at radius 2 is 1.87 bits per heavy atom. The molecule has 2 N–H and O–H groups in total. The normalized spacial score (nSPS) is 11.1. The molecule has 0 bridgehead atoms. The molecule has 30 heavy (non-hydrogen) atoms. The molecule has 0 saturated carbocycles. The lowest BCUT2D eigenvalue weighted by molar-refractivity contribution is -0.114. The summed E-state index contributed by atoms with van der Waals surface area (Å²) >= 11 is 0. The second-order valence-corrected chi connectivity index (χ2v) is 8.25. The number of halogens is 2. The number of carbonyl (C=O) groups excluding carboxylic acids is 2. The van der Waals surface area contributed by atoms with Crippen LogP contribution in [0, 0.1) is 0 Å². The largest absolute Gasteiger partial charge is 0.435 e. The van der Waals surface area contributed by atoms with Crippen LogP contribution < -0.4 is 14.8 Å². The minimum atomic E-state index is -3.67. The summed E-state index contributed by atoms with van der Waals surface area (Å²) in [6.07, 6.45) is 0.946. The predicted octanol–water partition coefficient (Wildman–Crippen LogP) is 2.89. The summed E-state index contributed by atoms with van der Waals surface area (Å²) in [6, 6.07) is 10.1. The first-order valence-corrected chi connectivity index (χ1v) is 10.5. The molecule has 0 aromatic heterocycles. The van der Waals surface area contributed by atoms with Gasteiger partial charge in [0.1, 0.15) is 5.75 Å². The first kappa shape index (κ1) is 23.1. The number of nitrogens with zero attached hydrogens (tertiary/aromatic N) is 1. The van der Waals surface area contributed by atoms with Gasteiger partial charge in [0, 0.05) is 26.2 Å². The van der Waals surface area contributed by atoms with Gasteiger partial charge in [-0.05, 0) is 35.9 Å². The van der Waals surface area contributed by atoms with Crippen LogP contribution in [0.5, 0.6) is 5.75 Å². The van der Waals surface area contributed by atoms with E-state index in [4.69, 9.17) is 0 Å². The van der Waals surface area contributed by atoms with Crippen LogP contribution in [0.25, 0.3) is 0 Å². The third-order valence-electron chi connectivity index (χ3n) is 3.76. The first-order chi connectivity index (χ1) is 13.9. The summed E-state index contributed by atoms with van der Waals surface area (Å²) in [5.74, 6) is -0.953. The summed E-state index contributed by atoms with van der Waals surface area (Å²) in [4.78, 5) is 25.6. The Kier molecular flexibility index (Phi) is 7.33.